The third-order valence-electron chi connectivity index (χ3n) is 3.54. The predicted molar refractivity (Wildman–Crippen MR) is 87.6 cm³/mol. The van der Waals surface area contributed by atoms with Crippen LogP contribution in [0.3, 0.4) is 0 Å². The number of nitrogens with zero attached hydrogens (tertiary/aromatic N) is 1. The molecular weight excluding hydrogens is 319 g/mol. The first kappa shape index (κ1) is 18.4. The summed E-state index contributed by atoms with van der Waals surface area (Å²) in [6.07, 6.45) is 1.50. The van der Waals surface area contributed by atoms with Gasteiger partial charge in [-0.05, 0) is 46.8 Å². The zero-order valence-electron chi connectivity index (χ0n) is 14.3. The second kappa shape index (κ2) is 6.93. The maximum atomic E-state index is 13.9. The number of halogens is 1. The van der Waals surface area contributed by atoms with Gasteiger partial charge in [-0.25, -0.2) is 13.3 Å². The number of hydrogen-bond donors (Lipinski definition) is 1. The van der Waals surface area contributed by atoms with Gasteiger partial charge in [0.15, 0.2) is 5.79 Å². The molecule has 130 valence electrons. The minimum absolute atomic E-state index is 0.276. The van der Waals surface area contributed by atoms with Gasteiger partial charge in [-0.3, -0.25) is 4.98 Å². The Bertz CT molecular complexity index is 575. The van der Waals surface area contributed by atoms with E-state index in [4.69, 9.17) is 9.47 Å². The molecular formula is C16H25FN2O3S. The molecule has 23 heavy (non-hydrogen) atoms. The van der Waals surface area contributed by atoms with Crippen molar-refractivity contribution < 1.29 is 18.1 Å². The average molecular weight is 344 g/mol. The van der Waals surface area contributed by atoms with Crippen LogP contribution in [0.15, 0.2) is 18.3 Å². The van der Waals surface area contributed by atoms with E-state index in [0.29, 0.717) is 12.3 Å². The Kier molecular flexibility index (Phi) is 5.56. The average Bonchev–Trinajstić information content (AvgIpc) is 2.79. The molecule has 5 nitrogen and oxygen atoms in total. The molecule has 2 unspecified atom stereocenters. The van der Waals surface area contributed by atoms with Crippen LogP contribution >= 0.6 is 0 Å². The summed E-state index contributed by atoms with van der Waals surface area (Å²) in [5.41, 5.74) is 0.323. The second-order valence-electron chi connectivity index (χ2n) is 7.11. The molecule has 0 aliphatic carbocycles. The molecule has 1 N–H and O–H groups in total. The van der Waals surface area contributed by atoms with Gasteiger partial charge in [-0.15, -0.1) is 0 Å². The molecule has 1 saturated heterocycles. The molecule has 7 heteroatoms. The van der Waals surface area contributed by atoms with Crippen LogP contribution in [-0.4, -0.2) is 38.5 Å². The Hall–Kier alpha value is -0.890. The zero-order valence-corrected chi connectivity index (χ0v) is 15.1. The minimum atomic E-state index is -1.30. The maximum absolute atomic E-state index is 13.9. The van der Waals surface area contributed by atoms with Gasteiger partial charge in [0.1, 0.15) is 11.9 Å². The fourth-order valence-electron chi connectivity index (χ4n) is 2.25. The van der Waals surface area contributed by atoms with Crippen molar-refractivity contribution >= 4 is 11.0 Å². The highest BCUT2D eigenvalue weighted by atomic mass is 32.2. The standard InChI is InChI=1S/C16H25FN2O3S/c1-15(2,3)23(20)19-13(14-10-21-16(4,5)22-14)9-12-11(17)7-6-8-18-12/h6-8,13-14,19H,9-10H2,1-5H3/t13?,14-,23?/m1/s1. The summed E-state index contributed by atoms with van der Waals surface area (Å²) in [6.45, 7) is 9.65. The van der Waals surface area contributed by atoms with Crippen LogP contribution in [-0.2, 0) is 26.9 Å². The van der Waals surface area contributed by atoms with E-state index in [2.05, 4.69) is 9.71 Å². The van der Waals surface area contributed by atoms with E-state index in [0.717, 1.165) is 0 Å². The fourth-order valence-corrected chi connectivity index (χ4v) is 3.12. The molecule has 0 spiro atoms. The molecule has 0 bridgehead atoms. The van der Waals surface area contributed by atoms with Gasteiger partial charge in [-0.1, -0.05) is 0 Å². The van der Waals surface area contributed by atoms with Crippen LogP contribution in [0.1, 0.15) is 40.3 Å². The third kappa shape index (κ3) is 5.04. The maximum Gasteiger partial charge on any atom is 0.163 e. The SMILES string of the molecule is CC1(C)OC[C@H](C(Cc2ncccc2F)NS(=O)C(C)(C)C)O1. The van der Waals surface area contributed by atoms with Crippen LogP contribution in [0.4, 0.5) is 4.39 Å². The molecule has 0 radical (unpaired) electrons. The number of hydrogen-bond acceptors (Lipinski definition) is 4. The molecule has 3 atom stereocenters. The first-order valence-corrected chi connectivity index (χ1v) is 8.83. The lowest BCUT2D eigenvalue weighted by molar-refractivity contribution is -0.141. The molecule has 1 aromatic heterocycles. The van der Waals surface area contributed by atoms with Gasteiger partial charge in [0, 0.05) is 12.6 Å². The zero-order chi connectivity index (χ0) is 17.3. The Morgan fingerprint density at radius 3 is 2.74 bits per heavy atom. The van der Waals surface area contributed by atoms with E-state index >= 15 is 0 Å². The monoisotopic (exact) mass is 344 g/mol. The quantitative estimate of drug-likeness (QED) is 0.891. The Morgan fingerprint density at radius 2 is 2.22 bits per heavy atom. The van der Waals surface area contributed by atoms with Gasteiger partial charge in [0.2, 0.25) is 0 Å². The fraction of sp³-hybridized carbons (Fsp3) is 0.688. The highest BCUT2D eigenvalue weighted by molar-refractivity contribution is 7.84. The van der Waals surface area contributed by atoms with Crippen molar-refractivity contribution in [2.45, 2.75) is 63.7 Å². The van der Waals surface area contributed by atoms with E-state index in [1.165, 1.54) is 6.07 Å². The molecule has 0 amide bonds. The smallest absolute Gasteiger partial charge is 0.163 e. The largest absolute Gasteiger partial charge is 0.348 e. The lowest BCUT2D eigenvalue weighted by Gasteiger charge is -2.28. The van der Waals surface area contributed by atoms with E-state index in [9.17, 15) is 8.60 Å². The predicted octanol–water partition coefficient (Wildman–Crippen LogP) is 2.34. The van der Waals surface area contributed by atoms with Crippen LogP contribution in [0.2, 0.25) is 0 Å². The highest BCUT2D eigenvalue weighted by Crippen LogP contribution is 2.26. The second-order valence-corrected chi connectivity index (χ2v) is 9.11. The van der Waals surface area contributed by atoms with Crippen molar-refractivity contribution in [3.05, 3.63) is 29.8 Å². The van der Waals surface area contributed by atoms with Gasteiger partial charge in [0.25, 0.3) is 0 Å². The lowest BCUT2D eigenvalue weighted by Crippen LogP contribution is -2.48. The van der Waals surface area contributed by atoms with Crippen LogP contribution in [0.25, 0.3) is 0 Å². The summed E-state index contributed by atoms with van der Waals surface area (Å²) < 4.78 is 40.5. The van der Waals surface area contributed by atoms with E-state index in [1.54, 1.807) is 12.3 Å². The topological polar surface area (TPSA) is 60.5 Å². The van der Waals surface area contributed by atoms with Gasteiger partial charge in [-0.2, -0.15) is 0 Å². The Labute approximate surface area is 139 Å². The summed E-state index contributed by atoms with van der Waals surface area (Å²) in [5.74, 6) is -1.07. The number of aromatic nitrogens is 1. The molecule has 0 saturated carbocycles. The molecule has 1 fully saturated rings. The normalized spacial score (nSPS) is 23.7. The number of pyridine rings is 1. The molecule has 2 heterocycles. The van der Waals surface area contributed by atoms with Gasteiger partial charge < -0.3 is 9.47 Å². The van der Waals surface area contributed by atoms with Crippen molar-refractivity contribution in [3.8, 4) is 0 Å². The first-order valence-electron chi connectivity index (χ1n) is 7.68. The van der Waals surface area contributed by atoms with Crippen molar-refractivity contribution in [3.63, 3.8) is 0 Å². The molecule has 0 aromatic carbocycles. The summed E-state index contributed by atoms with van der Waals surface area (Å²) in [5, 5.41) is 0. The molecule has 1 aromatic rings. The van der Waals surface area contributed by atoms with Crippen molar-refractivity contribution in [1.82, 2.24) is 9.71 Å². The van der Waals surface area contributed by atoms with Crippen LogP contribution in [0, 0.1) is 5.82 Å². The molecule has 1 aliphatic rings. The van der Waals surface area contributed by atoms with E-state index in [-0.39, 0.29) is 24.4 Å². The first-order chi connectivity index (χ1) is 10.6. The summed E-state index contributed by atoms with van der Waals surface area (Å²) in [6, 6.07) is 2.56. The highest BCUT2D eigenvalue weighted by Gasteiger charge is 2.39. The van der Waals surface area contributed by atoms with E-state index in [1.807, 2.05) is 34.6 Å². The lowest BCUT2D eigenvalue weighted by atomic mass is 10.1. The number of nitrogens with one attached hydrogen (secondary N) is 1. The van der Waals surface area contributed by atoms with Crippen molar-refractivity contribution in [1.29, 1.82) is 0 Å². The number of rotatable bonds is 5. The Balaban J connectivity index is 2.18. The summed E-state index contributed by atoms with van der Waals surface area (Å²) in [4.78, 5) is 4.08. The van der Waals surface area contributed by atoms with Crippen LogP contribution in [0.5, 0.6) is 0 Å². The van der Waals surface area contributed by atoms with Gasteiger partial charge in [0.05, 0.1) is 34.1 Å². The number of ether oxygens (including phenoxy) is 2. The Morgan fingerprint density at radius 1 is 1.52 bits per heavy atom. The van der Waals surface area contributed by atoms with E-state index < -0.39 is 21.5 Å². The van der Waals surface area contributed by atoms with Crippen molar-refractivity contribution in [2.24, 2.45) is 0 Å². The summed E-state index contributed by atoms with van der Waals surface area (Å²) in [7, 11) is -1.30. The van der Waals surface area contributed by atoms with Crippen molar-refractivity contribution in [2.75, 3.05) is 6.61 Å². The van der Waals surface area contributed by atoms with Gasteiger partial charge >= 0.3 is 0 Å². The molecule has 1 aliphatic heterocycles. The minimum Gasteiger partial charge on any atom is -0.348 e. The van der Waals surface area contributed by atoms with Crippen LogP contribution < -0.4 is 4.72 Å². The summed E-state index contributed by atoms with van der Waals surface area (Å²) >= 11 is 0. The third-order valence-corrected chi connectivity index (χ3v) is 5.17. The molecule has 2 rings (SSSR count).